The van der Waals surface area contributed by atoms with Gasteiger partial charge in [-0.1, -0.05) is 54.1 Å². The predicted octanol–water partition coefficient (Wildman–Crippen LogP) is 4.87. The van der Waals surface area contributed by atoms with E-state index in [1.165, 1.54) is 0 Å². The average Bonchev–Trinajstić information content (AvgIpc) is 2.73. The number of amides is 2. The summed E-state index contributed by atoms with van der Waals surface area (Å²) in [5, 5.41) is 5.65. The molecule has 0 bridgehead atoms. The van der Waals surface area contributed by atoms with E-state index in [4.69, 9.17) is 4.74 Å². The number of benzene rings is 3. The minimum absolute atomic E-state index is 0.165. The monoisotopic (exact) mass is 386 g/mol. The van der Waals surface area contributed by atoms with E-state index in [0.717, 1.165) is 22.3 Å². The highest BCUT2D eigenvalue weighted by atomic mass is 16.6. The van der Waals surface area contributed by atoms with Gasteiger partial charge >= 0.3 is 6.09 Å². The maximum Gasteiger partial charge on any atom is 0.412 e. The van der Waals surface area contributed by atoms with Gasteiger partial charge in [-0.15, -0.1) is 0 Å². The molecule has 29 heavy (non-hydrogen) atoms. The van der Waals surface area contributed by atoms with Crippen LogP contribution >= 0.6 is 0 Å². The topological polar surface area (TPSA) is 67.4 Å². The van der Waals surface area contributed by atoms with Crippen LogP contribution in [0.25, 0.3) is 11.1 Å². The predicted molar refractivity (Wildman–Crippen MR) is 113 cm³/mol. The summed E-state index contributed by atoms with van der Waals surface area (Å²) in [5.74, 6) is -0.207. The molecule has 146 valence electrons. The van der Waals surface area contributed by atoms with Crippen LogP contribution in [0.1, 0.15) is 28.4 Å². The van der Waals surface area contributed by atoms with Crippen molar-refractivity contribution in [2.75, 3.05) is 11.9 Å². The number of anilines is 1. The Morgan fingerprint density at radius 2 is 1.72 bits per heavy atom. The fourth-order valence-electron chi connectivity index (χ4n) is 3.48. The van der Waals surface area contributed by atoms with Crippen LogP contribution < -0.4 is 10.6 Å². The summed E-state index contributed by atoms with van der Waals surface area (Å²) in [7, 11) is 0. The van der Waals surface area contributed by atoms with Gasteiger partial charge in [0.15, 0.2) is 5.60 Å². The maximum absolute atomic E-state index is 12.6. The summed E-state index contributed by atoms with van der Waals surface area (Å²) >= 11 is 0. The Morgan fingerprint density at radius 3 is 2.45 bits per heavy atom. The molecule has 0 spiro atoms. The molecule has 0 saturated carbocycles. The van der Waals surface area contributed by atoms with Crippen molar-refractivity contribution in [3.05, 3.63) is 89.5 Å². The summed E-state index contributed by atoms with van der Waals surface area (Å²) in [6.07, 6.45) is -0.531. The Morgan fingerprint density at radius 1 is 1.00 bits per heavy atom. The molecule has 5 heteroatoms. The van der Waals surface area contributed by atoms with Crippen LogP contribution in [0.15, 0.2) is 72.8 Å². The van der Waals surface area contributed by atoms with Gasteiger partial charge in [-0.05, 0) is 49.2 Å². The molecule has 2 amide bonds. The van der Waals surface area contributed by atoms with Gasteiger partial charge in [0.05, 0.1) is 12.2 Å². The van der Waals surface area contributed by atoms with Crippen molar-refractivity contribution in [1.82, 2.24) is 5.32 Å². The van der Waals surface area contributed by atoms with Gasteiger partial charge in [-0.25, -0.2) is 4.79 Å². The van der Waals surface area contributed by atoms with Crippen molar-refractivity contribution >= 4 is 17.7 Å². The molecule has 1 unspecified atom stereocenters. The largest absolute Gasteiger partial charge is 0.436 e. The van der Waals surface area contributed by atoms with Gasteiger partial charge in [0.25, 0.3) is 5.91 Å². The van der Waals surface area contributed by atoms with Gasteiger partial charge in [0.1, 0.15) is 0 Å². The lowest BCUT2D eigenvalue weighted by Gasteiger charge is -2.36. The van der Waals surface area contributed by atoms with Crippen LogP contribution in [-0.4, -0.2) is 18.5 Å². The minimum atomic E-state index is -0.983. The van der Waals surface area contributed by atoms with Gasteiger partial charge in [-0.2, -0.15) is 0 Å². The molecule has 0 fully saturated rings. The standard InChI is InChI=1S/C24H22N2O3/c1-16-8-10-18(11-9-16)22(27)25-15-24(2)20-14-19(17-6-4-3-5-7-17)12-13-21(20)26-23(28)29-24/h3-14H,15H2,1-2H3,(H,25,27)(H,26,28). The molecule has 0 aromatic heterocycles. The lowest BCUT2D eigenvalue weighted by molar-refractivity contribution is 0.0262. The van der Waals surface area contributed by atoms with E-state index in [1.54, 1.807) is 12.1 Å². The second-order valence-electron chi connectivity index (χ2n) is 7.42. The zero-order chi connectivity index (χ0) is 20.4. The molecule has 1 heterocycles. The van der Waals surface area contributed by atoms with Crippen LogP contribution in [0.4, 0.5) is 10.5 Å². The fourth-order valence-corrected chi connectivity index (χ4v) is 3.48. The third-order valence-corrected chi connectivity index (χ3v) is 5.15. The third-order valence-electron chi connectivity index (χ3n) is 5.15. The first-order valence-electron chi connectivity index (χ1n) is 9.49. The Hall–Kier alpha value is -3.60. The highest BCUT2D eigenvalue weighted by Gasteiger charge is 2.38. The lowest BCUT2D eigenvalue weighted by atomic mass is 9.89. The normalized spacial score (nSPS) is 17.7. The van der Waals surface area contributed by atoms with E-state index in [0.29, 0.717) is 11.3 Å². The fraction of sp³-hybridized carbons (Fsp3) is 0.167. The molecular formula is C24H22N2O3. The van der Waals surface area contributed by atoms with Gasteiger partial charge in [0.2, 0.25) is 0 Å². The number of cyclic esters (lactones) is 1. The summed E-state index contributed by atoms with van der Waals surface area (Å²) in [6, 6.07) is 23.2. The lowest BCUT2D eigenvalue weighted by Crippen LogP contribution is -2.46. The van der Waals surface area contributed by atoms with Crippen molar-refractivity contribution in [2.24, 2.45) is 0 Å². The molecule has 0 saturated heterocycles. The molecule has 3 aromatic rings. The molecule has 1 atom stereocenters. The SMILES string of the molecule is Cc1ccc(C(=O)NCC2(C)OC(=O)Nc3ccc(-c4ccccc4)cc32)cc1. The molecule has 2 N–H and O–H groups in total. The maximum atomic E-state index is 12.6. The van der Waals surface area contributed by atoms with E-state index in [2.05, 4.69) is 10.6 Å². The van der Waals surface area contributed by atoms with E-state index < -0.39 is 11.7 Å². The first kappa shape index (κ1) is 18.7. The highest BCUT2D eigenvalue weighted by Crippen LogP contribution is 2.38. The molecule has 1 aliphatic rings. The first-order valence-corrected chi connectivity index (χ1v) is 9.49. The van der Waals surface area contributed by atoms with Gasteiger partial charge in [-0.3, -0.25) is 10.1 Å². The average molecular weight is 386 g/mol. The highest BCUT2D eigenvalue weighted by molar-refractivity contribution is 5.94. The van der Waals surface area contributed by atoms with Crippen LogP contribution in [-0.2, 0) is 10.3 Å². The third kappa shape index (κ3) is 3.85. The number of carbonyl (C=O) groups is 2. The second-order valence-corrected chi connectivity index (χ2v) is 7.42. The summed E-state index contributed by atoms with van der Waals surface area (Å²) in [6.45, 7) is 3.95. The number of rotatable bonds is 4. The van der Waals surface area contributed by atoms with Crippen molar-refractivity contribution in [1.29, 1.82) is 0 Å². The molecular weight excluding hydrogens is 364 g/mol. The number of carbonyl (C=O) groups excluding carboxylic acids is 2. The van der Waals surface area contributed by atoms with Crippen LogP contribution in [0.5, 0.6) is 0 Å². The molecule has 5 nitrogen and oxygen atoms in total. The van der Waals surface area contributed by atoms with Crippen molar-refractivity contribution < 1.29 is 14.3 Å². The molecule has 4 rings (SSSR count). The summed E-state index contributed by atoms with van der Waals surface area (Å²) < 4.78 is 5.63. The van der Waals surface area contributed by atoms with E-state index in [1.807, 2.05) is 74.5 Å². The Labute approximate surface area is 169 Å². The van der Waals surface area contributed by atoms with Crippen molar-refractivity contribution in [2.45, 2.75) is 19.4 Å². The Kier molecular flexibility index (Phi) is 4.80. The van der Waals surface area contributed by atoms with E-state index in [-0.39, 0.29) is 12.5 Å². The van der Waals surface area contributed by atoms with Crippen LogP contribution in [0.2, 0.25) is 0 Å². The Balaban J connectivity index is 1.62. The number of hydrogen-bond acceptors (Lipinski definition) is 3. The summed E-state index contributed by atoms with van der Waals surface area (Å²) in [5.41, 5.74) is 4.26. The quantitative estimate of drug-likeness (QED) is 0.672. The number of fused-ring (bicyclic) bond motifs is 1. The van der Waals surface area contributed by atoms with Gasteiger partial charge < -0.3 is 10.1 Å². The smallest absolute Gasteiger partial charge is 0.412 e. The number of aryl methyl sites for hydroxylation is 1. The van der Waals surface area contributed by atoms with E-state index >= 15 is 0 Å². The van der Waals surface area contributed by atoms with Crippen molar-refractivity contribution in [3.8, 4) is 11.1 Å². The minimum Gasteiger partial charge on any atom is -0.436 e. The number of nitrogens with one attached hydrogen (secondary N) is 2. The number of ether oxygens (including phenoxy) is 1. The molecule has 1 aliphatic heterocycles. The number of hydrogen-bond donors (Lipinski definition) is 2. The van der Waals surface area contributed by atoms with Crippen LogP contribution in [0.3, 0.4) is 0 Å². The van der Waals surface area contributed by atoms with Crippen LogP contribution in [0, 0.1) is 6.92 Å². The first-order chi connectivity index (χ1) is 13.9. The zero-order valence-corrected chi connectivity index (χ0v) is 16.4. The summed E-state index contributed by atoms with van der Waals surface area (Å²) in [4.78, 5) is 24.7. The van der Waals surface area contributed by atoms with Gasteiger partial charge in [0, 0.05) is 11.1 Å². The Bertz CT molecular complexity index is 1060. The van der Waals surface area contributed by atoms with Crippen molar-refractivity contribution in [3.63, 3.8) is 0 Å². The molecule has 3 aromatic carbocycles. The molecule has 0 radical (unpaired) electrons. The second kappa shape index (κ2) is 7.43. The molecule has 0 aliphatic carbocycles. The zero-order valence-electron chi connectivity index (χ0n) is 16.4. The van der Waals surface area contributed by atoms with E-state index in [9.17, 15) is 9.59 Å².